The molecule has 1 heterocycles. The van der Waals surface area contributed by atoms with Crippen LogP contribution in [0.4, 0.5) is 0 Å². The molecule has 1 unspecified atom stereocenters. The van der Waals surface area contributed by atoms with Gasteiger partial charge < -0.3 is 5.11 Å². The lowest BCUT2D eigenvalue weighted by molar-refractivity contribution is 0.168. The molecule has 1 aliphatic rings. The molecule has 0 aliphatic heterocycles. The van der Waals surface area contributed by atoms with E-state index in [1.807, 2.05) is 17.8 Å². The highest BCUT2D eigenvalue weighted by molar-refractivity contribution is 4.97. The van der Waals surface area contributed by atoms with E-state index in [1.165, 1.54) is 32.1 Å². The second-order valence-corrected chi connectivity index (χ2v) is 4.34. The van der Waals surface area contributed by atoms with E-state index in [4.69, 9.17) is 0 Å². The van der Waals surface area contributed by atoms with E-state index in [0.717, 1.165) is 0 Å². The fourth-order valence-electron chi connectivity index (χ4n) is 2.18. The molecule has 1 atom stereocenters. The first-order valence-electron chi connectivity index (χ1n) is 5.91. The molecule has 2 rings (SSSR count). The fraction of sp³-hybridized carbons (Fsp3) is 0.818. The van der Waals surface area contributed by atoms with E-state index in [2.05, 4.69) is 10.3 Å². The van der Waals surface area contributed by atoms with Crippen molar-refractivity contribution in [3.8, 4) is 0 Å². The average molecular weight is 209 g/mol. The Bertz CT molecular complexity index is 305. The molecule has 4 heteroatoms. The lowest BCUT2D eigenvalue weighted by Crippen LogP contribution is -2.13. The Morgan fingerprint density at radius 1 is 1.47 bits per heavy atom. The molecule has 1 aromatic rings. The van der Waals surface area contributed by atoms with Crippen LogP contribution in [0.1, 0.15) is 63.3 Å². The van der Waals surface area contributed by atoms with Crippen molar-refractivity contribution in [1.82, 2.24) is 15.0 Å². The Morgan fingerprint density at radius 2 is 2.20 bits per heavy atom. The molecule has 1 N–H and O–H groups in total. The van der Waals surface area contributed by atoms with Crippen LogP contribution in [0.3, 0.4) is 0 Å². The van der Waals surface area contributed by atoms with Gasteiger partial charge in [0, 0.05) is 0 Å². The van der Waals surface area contributed by atoms with Crippen molar-refractivity contribution in [2.45, 2.75) is 57.6 Å². The Balaban J connectivity index is 2.05. The molecule has 0 saturated heterocycles. The predicted molar refractivity (Wildman–Crippen MR) is 57.4 cm³/mol. The van der Waals surface area contributed by atoms with Gasteiger partial charge in [-0.05, 0) is 19.3 Å². The number of rotatable bonds is 3. The Hall–Kier alpha value is -0.900. The van der Waals surface area contributed by atoms with Crippen LogP contribution in [0.15, 0.2) is 6.20 Å². The molecule has 1 aliphatic carbocycles. The number of nitrogens with zero attached hydrogens (tertiary/aromatic N) is 3. The largest absolute Gasteiger partial charge is 0.387 e. The Morgan fingerprint density at radius 3 is 2.87 bits per heavy atom. The van der Waals surface area contributed by atoms with E-state index in [9.17, 15) is 5.11 Å². The van der Waals surface area contributed by atoms with Crippen LogP contribution in [0, 0.1) is 0 Å². The fourth-order valence-corrected chi connectivity index (χ4v) is 2.18. The summed E-state index contributed by atoms with van der Waals surface area (Å²) >= 11 is 0. The maximum atomic E-state index is 9.63. The maximum absolute atomic E-state index is 9.63. The third-order valence-electron chi connectivity index (χ3n) is 3.20. The summed E-state index contributed by atoms with van der Waals surface area (Å²) < 4.78 is 1.94. The lowest BCUT2D eigenvalue weighted by Gasteiger charge is -2.21. The minimum Gasteiger partial charge on any atom is -0.387 e. The maximum Gasteiger partial charge on any atom is 0.111 e. The van der Waals surface area contributed by atoms with Gasteiger partial charge in [-0.2, -0.15) is 0 Å². The van der Waals surface area contributed by atoms with Gasteiger partial charge in [-0.1, -0.05) is 31.4 Å². The van der Waals surface area contributed by atoms with Gasteiger partial charge in [-0.25, -0.2) is 4.68 Å². The predicted octanol–water partition coefficient (Wildman–Crippen LogP) is 2.23. The van der Waals surface area contributed by atoms with Crippen molar-refractivity contribution in [1.29, 1.82) is 0 Å². The minimum atomic E-state index is -0.456. The standard InChI is InChI=1S/C11H19N3O/c1-2-11(15)10-8-14(13-12-10)9-6-4-3-5-7-9/h8-9,11,15H,2-7H2,1H3. The number of hydrogen-bond donors (Lipinski definition) is 1. The molecule has 4 nitrogen and oxygen atoms in total. The lowest BCUT2D eigenvalue weighted by atomic mass is 9.96. The Kier molecular flexibility index (Phi) is 3.36. The quantitative estimate of drug-likeness (QED) is 0.830. The molecule has 0 aromatic carbocycles. The number of hydrogen-bond acceptors (Lipinski definition) is 3. The molecule has 1 aromatic heterocycles. The number of aromatic nitrogens is 3. The van der Waals surface area contributed by atoms with E-state index in [-0.39, 0.29) is 0 Å². The van der Waals surface area contributed by atoms with Gasteiger partial charge in [0.05, 0.1) is 18.3 Å². The van der Waals surface area contributed by atoms with Gasteiger partial charge in [0.25, 0.3) is 0 Å². The molecule has 1 fully saturated rings. The van der Waals surface area contributed by atoms with Crippen molar-refractivity contribution in [2.24, 2.45) is 0 Å². The van der Waals surface area contributed by atoms with Crippen LogP contribution in [-0.2, 0) is 0 Å². The second-order valence-electron chi connectivity index (χ2n) is 4.34. The van der Waals surface area contributed by atoms with Crippen LogP contribution in [0.25, 0.3) is 0 Å². The van der Waals surface area contributed by atoms with Crippen molar-refractivity contribution < 1.29 is 5.11 Å². The highest BCUT2D eigenvalue weighted by atomic mass is 16.3. The summed E-state index contributed by atoms with van der Waals surface area (Å²) in [6.07, 6.45) is 8.47. The van der Waals surface area contributed by atoms with E-state index in [0.29, 0.717) is 18.2 Å². The Labute approximate surface area is 90.3 Å². The molecular weight excluding hydrogens is 190 g/mol. The molecule has 1 saturated carbocycles. The zero-order chi connectivity index (χ0) is 10.7. The first-order valence-corrected chi connectivity index (χ1v) is 5.91. The van der Waals surface area contributed by atoms with Crippen molar-refractivity contribution in [2.75, 3.05) is 0 Å². The molecule has 0 amide bonds. The van der Waals surface area contributed by atoms with Crippen molar-refractivity contribution >= 4 is 0 Å². The van der Waals surface area contributed by atoms with Gasteiger partial charge in [0.15, 0.2) is 0 Å². The summed E-state index contributed by atoms with van der Waals surface area (Å²) in [5, 5.41) is 17.8. The first-order chi connectivity index (χ1) is 7.31. The normalized spacial score (nSPS) is 20.4. The third-order valence-corrected chi connectivity index (χ3v) is 3.20. The topological polar surface area (TPSA) is 50.9 Å². The SMILES string of the molecule is CCC(O)c1cn(C2CCCCC2)nn1. The second kappa shape index (κ2) is 4.75. The van der Waals surface area contributed by atoms with Crippen LogP contribution in [0.5, 0.6) is 0 Å². The summed E-state index contributed by atoms with van der Waals surface area (Å²) in [4.78, 5) is 0. The van der Waals surface area contributed by atoms with Crippen molar-refractivity contribution in [3.05, 3.63) is 11.9 Å². The smallest absolute Gasteiger partial charge is 0.111 e. The van der Waals surface area contributed by atoms with Crippen LogP contribution < -0.4 is 0 Å². The summed E-state index contributed by atoms with van der Waals surface area (Å²) in [7, 11) is 0. The highest BCUT2D eigenvalue weighted by Gasteiger charge is 2.18. The monoisotopic (exact) mass is 209 g/mol. The average Bonchev–Trinajstić information content (AvgIpc) is 2.78. The van der Waals surface area contributed by atoms with Gasteiger partial charge in [0.2, 0.25) is 0 Å². The van der Waals surface area contributed by atoms with E-state index >= 15 is 0 Å². The number of aliphatic hydroxyl groups excluding tert-OH is 1. The minimum absolute atomic E-state index is 0.456. The zero-order valence-electron chi connectivity index (χ0n) is 9.26. The summed E-state index contributed by atoms with van der Waals surface area (Å²) in [6, 6.07) is 0.504. The molecule has 0 bridgehead atoms. The van der Waals surface area contributed by atoms with Crippen LogP contribution in [-0.4, -0.2) is 20.1 Å². The number of aliphatic hydroxyl groups is 1. The summed E-state index contributed by atoms with van der Waals surface area (Å²) in [5.74, 6) is 0. The van der Waals surface area contributed by atoms with Crippen LogP contribution in [0.2, 0.25) is 0 Å². The summed E-state index contributed by atoms with van der Waals surface area (Å²) in [5.41, 5.74) is 0.711. The van der Waals surface area contributed by atoms with Gasteiger partial charge in [-0.15, -0.1) is 5.10 Å². The third kappa shape index (κ3) is 2.37. The molecule has 0 radical (unpaired) electrons. The van der Waals surface area contributed by atoms with Crippen LogP contribution >= 0.6 is 0 Å². The zero-order valence-corrected chi connectivity index (χ0v) is 9.26. The molecule has 0 spiro atoms. The summed E-state index contributed by atoms with van der Waals surface area (Å²) in [6.45, 7) is 1.95. The first kappa shape index (κ1) is 10.6. The molecular formula is C11H19N3O. The van der Waals surface area contributed by atoms with Gasteiger partial charge in [-0.3, -0.25) is 0 Å². The van der Waals surface area contributed by atoms with Gasteiger partial charge in [0.1, 0.15) is 5.69 Å². The molecule has 15 heavy (non-hydrogen) atoms. The van der Waals surface area contributed by atoms with E-state index in [1.54, 1.807) is 0 Å². The van der Waals surface area contributed by atoms with E-state index < -0.39 is 6.10 Å². The van der Waals surface area contributed by atoms with Crippen molar-refractivity contribution in [3.63, 3.8) is 0 Å². The molecule has 84 valence electrons. The van der Waals surface area contributed by atoms with Gasteiger partial charge >= 0.3 is 0 Å². The highest BCUT2D eigenvalue weighted by Crippen LogP contribution is 2.27.